The first kappa shape index (κ1) is 14.7. The molecule has 20 heavy (non-hydrogen) atoms. The van der Waals surface area contributed by atoms with Crippen LogP contribution in [0.15, 0.2) is 6.20 Å². The van der Waals surface area contributed by atoms with Crippen LogP contribution < -0.4 is 5.32 Å². The molecule has 0 saturated carbocycles. The van der Waals surface area contributed by atoms with Crippen molar-refractivity contribution in [1.82, 2.24) is 15.0 Å². The summed E-state index contributed by atoms with van der Waals surface area (Å²) >= 11 is 0.569. The van der Waals surface area contributed by atoms with Gasteiger partial charge in [0.15, 0.2) is 10.8 Å². The number of nitrogens with one attached hydrogen (secondary N) is 1. The van der Waals surface area contributed by atoms with Gasteiger partial charge in [-0.25, -0.2) is 15.0 Å². The lowest BCUT2D eigenvalue weighted by atomic mass is 10.3. The zero-order chi connectivity index (χ0) is 14.9. The van der Waals surface area contributed by atoms with Crippen molar-refractivity contribution in [2.24, 2.45) is 0 Å². The van der Waals surface area contributed by atoms with E-state index in [4.69, 9.17) is 0 Å². The fourth-order valence-electron chi connectivity index (χ4n) is 1.58. The number of rotatable bonds is 3. The molecule has 8 heteroatoms. The van der Waals surface area contributed by atoms with Crippen LogP contribution in [0.4, 0.5) is 19.0 Å². The molecule has 0 aliphatic rings. The molecule has 0 spiro atoms. The van der Waals surface area contributed by atoms with Crippen LogP contribution in [0.5, 0.6) is 0 Å². The molecule has 0 aromatic carbocycles. The first-order chi connectivity index (χ1) is 9.32. The van der Waals surface area contributed by atoms with E-state index in [0.29, 0.717) is 40.0 Å². The number of thiazole rings is 1. The third-order valence-electron chi connectivity index (χ3n) is 2.63. The molecule has 0 saturated heterocycles. The highest BCUT2D eigenvalue weighted by atomic mass is 32.1. The Morgan fingerprint density at radius 1 is 1.20 bits per heavy atom. The number of nitrogens with zero attached hydrogens (tertiary/aromatic N) is 3. The Hall–Kier alpha value is -1.70. The molecular formula is C12H13F3N4S. The van der Waals surface area contributed by atoms with E-state index in [-0.39, 0.29) is 0 Å². The summed E-state index contributed by atoms with van der Waals surface area (Å²) in [5.74, 6) is 0.480. The van der Waals surface area contributed by atoms with Gasteiger partial charge in [0.05, 0.1) is 16.3 Å². The Balaban J connectivity index is 2.51. The van der Waals surface area contributed by atoms with Gasteiger partial charge in [-0.2, -0.15) is 13.2 Å². The molecule has 0 aliphatic carbocycles. The van der Waals surface area contributed by atoms with Gasteiger partial charge in [0, 0.05) is 12.7 Å². The van der Waals surface area contributed by atoms with E-state index < -0.39 is 11.2 Å². The second-order valence-electron chi connectivity index (χ2n) is 4.15. The molecule has 2 aromatic heterocycles. The normalized spacial score (nSPS) is 11.7. The minimum absolute atomic E-state index is 0.351. The molecule has 108 valence electrons. The Kier molecular flexibility index (Phi) is 3.94. The second kappa shape index (κ2) is 5.35. The molecule has 0 aliphatic heterocycles. The molecule has 4 nitrogen and oxygen atoms in total. The maximum Gasteiger partial charge on any atom is 0.443 e. The van der Waals surface area contributed by atoms with Crippen LogP contribution in [0.3, 0.4) is 0 Å². The zero-order valence-corrected chi connectivity index (χ0v) is 12.0. The molecule has 0 fully saturated rings. The van der Waals surface area contributed by atoms with Crippen molar-refractivity contribution in [1.29, 1.82) is 0 Å². The quantitative estimate of drug-likeness (QED) is 0.940. The van der Waals surface area contributed by atoms with Crippen LogP contribution in [-0.4, -0.2) is 21.5 Å². The third kappa shape index (κ3) is 2.90. The van der Waals surface area contributed by atoms with E-state index >= 15 is 0 Å². The Morgan fingerprint density at radius 3 is 2.40 bits per heavy atom. The van der Waals surface area contributed by atoms with Gasteiger partial charge in [-0.1, -0.05) is 0 Å². The number of aromatic nitrogens is 3. The molecule has 0 unspecified atom stereocenters. The minimum Gasteiger partial charge on any atom is -0.369 e. The number of hydrogen-bond acceptors (Lipinski definition) is 5. The van der Waals surface area contributed by atoms with Gasteiger partial charge in [-0.3, -0.25) is 0 Å². The van der Waals surface area contributed by atoms with Crippen LogP contribution in [0.2, 0.25) is 0 Å². The lowest BCUT2D eigenvalue weighted by Gasteiger charge is -2.10. The van der Waals surface area contributed by atoms with Gasteiger partial charge in [0.1, 0.15) is 5.69 Å². The van der Waals surface area contributed by atoms with Crippen molar-refractivity contribution in [2.45, 2.75) is 26.9 Å². The van der Waals surface area contributed by atoms with Crippen LogP contribution in [-0.2, 0) is 6.18 Å². The Morgan fingerprint density at radius 2 is 1.85 bits per heavy atom. The average Bonchev–Trinajstić information content (AvgIpc) is 2.83. The lowest BCUT2D eigenvalue weighted by molar-refractivity contribution is -0.137. The van der Waals surface area contributed by atoms with Crippen LogP contribution >= 0.6 is 11.3 Å². The highest BCUT2D eigenvalue weighted by Gasteiger charge is 2.35. The molecule has 0 bridgehead atoms. The maximum atomic E-state index is 12.6. The van der Waals surface area contributed by atoms with Gasteiger partial charge < -0.3 is 5.32 Å². The van der Waals surface area contributed by atoms with E-state index in [1.54, 1.807) is 13.8 Å². The van der Waals surface area contributed by atoms with Crippen LogP contribution in [0, 0.1) is 13.8 Å². The minimum atomic E-state index is -4.44. The maximum absolute atomic E-state index is 12.6. The summed E-state index contributed by atoms with van der Waals surface area (Å²) < 4.78 is 37.8. The molecular weight excluding hydrogens is 289 g/mol. The topological polar surface area (TPSA) is 50.7 Å². The summed E-state index contributed by atoms with van der Waals surface area (Å²) in [7, 11) is 0. The van der Waals surface area contributed by atoms with Crippen molar-refractivity contribution >= 4 is 17.2 Å². The predicted molar refractivity (Wildman–Crippen MR) is 71.8 cm³/mol. The van der Waals surface area contributed by atoms with E-state index in [1.165, 1.54) is 6.20 Å². The first-order valence-corrected chi connectivity index (χ1v) is 6.77. The summed E-state index contributed by atoms with van der Waals surface area (Å²) in [6.07, 6.45) is -3.25. The summed E-state index contributed by atoms with van der Waals surface area (Å²) in [5, 5.41) is 2.14. The van der Waals surface area contributed by atoms with Gasteiger partial charge in [-0.05, 0) is 20.8 Å². The number of anilines is 1. The number of halogens is 3. The van der Waals surface area contributed by atoms with E-state index in [1.807, 2.05) is 6.92 Å². The van der Waals surface area contributed by atoms with E-state index in [0.717, 1.165) is 5.69 Å². The van der Waals surface area contributed by atoms with Gasteiger partial charge in [-0.15, -0.1) is 11.3 Å². The number of aryl methyl sites for hydroxylation is 2. The predicted octanol–water partition coefficient (Wildman–Crippen LogP) is 3.67. The standard InChI is InChI=1S/C12H13F3N4S/c1-4-16-10-9(18-6(2)7(3)19-10)8-5-17-11(20-8)12(13,14)15/h5H,4H2,1-3H3,(H,16,19). The van der Waals surface area contributed by atoms with Crippen molar-refractivity contribution in [3.05, 3.63) is 22.6 Å². The molecule has 2 rings (SSSR count). The summed E-state index contributed by atoms with van der Waals surface area (Å²) in [4.78, 5) is 12.4. The van der Waals surface area contributed by atoms with Gasteiger partial charge in [0.25, 0.3) is 0 Å². The fraction of sp³-hybridized carbons (Fsp3) is 0.417. The van der Waals surface area contributed by atoms with E-state index in [2.05, 4.69) is 20.3 Å². The largest absolute Gasteiger partial charge is 0.443 e. The van der Waals surface area contributed by atoms with E-state index in [9.17, 15) is 13.2 Å². The second-order valence-corrected chi connectivity index (χ2v) is 5.18. The van der Waals surface area contributed by atoms with Gasteiger partial charge >= 0.3 is 6.18 Å². The number of hydrogen-bond donors (Lipinski definition) is 1. The molecule has 1 N–H and O–H groups in total. The third-order valence-corrected chi connectivity index (χ3v) is 3.68. The van der Waals surface area contributed by atoms with Gasteiger partial charge in [0.2, 0.25) is 0 Å². The van der Waals surface area contributed by atoms with Crippen molar-refractivity contribution in [2.75, 3.05) is 11.9 Å². The van der Waals surface area contributed by atoms with Crippen LogP contribution in [0.25, 0.3) is 10.6 Å². The Labute approximate surface area is 118 Å². The number of alkyl halides is 3. The molecule has 0 atom stereocenters. The molecule has 0 radical (unpaired) electrons. The first-order valence-electron chi connectivity index (χ1n) is 5.95. The zero-order valence-electron chi connectivity index (χ0n) is 11.2. The lowest BCUT2D eigenvalue weighted by Crippen LogP contribution is -2.05. The van der Waals surface area contributed by atoms with Crippen molar-refractivity contribution < 1.29 is 13.2 Å². The van der Waals surface area contributed by atoms with Crippen molar-refractivity contribution in [3.63, 3.8) is 0 Å². The highest BCUT2D eigenvalue weighted by Crippen LogP contribution is 2.37. The summed E-state index contributed by atoms with van der Waals surface area (Å²) in [6.45, 7) is 6.07. The molecule has 0 amide bonds. The summed E-state index contributed by atoms with van der Waals surface area (Å²) in [6, 6.07) is 0. The van der Waals surface area contributed by atoms with Crippen LogP contribution in [0.1, 0.15) is 23.3 Å². The van der Waals surface area contributed by atoms with Crippen molar-refractivity contribution in [3.8, 4) is 10.6 Å². The fourth-order valence-corrected chi connectivity index (χ4v) is 2.35. The highest BCUT2D eigenvalue weighted by molar-refractivity contribution is 7.15. The molecule has 2 heterocycles. The average molecular weight is 302 g/mol. The Bertz CT molecular complexity index is 622. The molecule has 2 aromatic rings. The smallest absolute Gasteiger partial charge is 0.369 e. The SMILES string of the molecule is CCNc1nc(C)c(C)nc1-c1cnc(C(F)(F)F)s1. The monoisotopic (exact) mass is 302 g/mol. The summed E-state index contributed by atoms with van der Waals surface area (Å²) in [5.41, 5.74) is 1.83.